The van der Waals surface area contributed by atoms with E-state index < -0.39 is 6.10 Å². The van der Waals surface area contributed by atoms with Gasteiger partial charge in [0.15, 0.2) is 0 Å². The zero-order valence-electron chi connectivity index (χ0n) is 14.0. The van der Waals surface area contributed by atoms with E-state index in [1.54, 1.807) is 0 Å². The molecular weight excluding hydrogens is 304 g/mol. The molecule has 0 aliphatic carbocycles. The van der Waals surface area contributed by atoms with Crippen LogP contribution in [-0.4, -0.2) is 51.6 Å². The number of carbonyl (C=O) groups is 1. The zero-order chi connectivity index (χ0) is 16.9. The van der Waals surface area contributed by atoms with Crippen LogP contribution in [0.1, 0.15) is 34.4 Å². The Morgan fingerprint density at radius 1 is 1.42 bits per heavy atom. The molecule has 2 heterocycles. The van der Waals surface area contributed by atoms with Crippen molar-refractivity contribution in [2.24, 2.45) is 0 Å². The summed E-state index contributed by atoms with van der Waals surface area (Å²) in [6.07, 6.45) is 2.70. The summed E-state index contributed by atoms with van der Waals surface area (Å²) in [5, 5.41) is 13.0. The molecule has 1 atom stereocenters. The third-order valence-corrected chi connectivity index (χ3v) is 4.38. The van der Waals surface area contributed by atoms with Crippen LogP contribution in [0.4, 0.5) is 0 Å². The molecule has 128 valence electrons. The number of rotatable bonds is 6. The number of carbonyl (C=O) groups excluding carboxylic acids is 1. The van der Waals surface area contributed by atoms with E-state index in [1.807, 2.05) is 13.0 Å². The van der Waals surface area contributed by atoms with Crippen molar-refractivity contribution >= 4 is 5.91 Å². The van der Waals surface area contributed by atoms with Crippen LogP contribution in [0.2, 0.25) is 0 Å². The van der Waals surface area contributed by atoms with Crippen molar-refractivity contribution in [3.63, 3.8) is 0 Å². The maximum absolute atomic E-state index is 12.0. The summed E-state index contributed by atoms with van der Waals surface area (Å²) in [5.41, 5.74) is 3.15. The highest BCUT2D eigenvalue weighted by Crippen LogP contribution is 2.18. The van der Waals surface area contributed by atoms with Gasteiger partial charge >= 0.3 is 0 Å². The quantitative estimate of drug-likeness (QED) is 0.742. The number of fused-ring (bicyclic) bond motifs is 1. The second-order valence-electron chi connectivity index (χ2n) is 6.21. The van der Waals surface area contributed by atoms with Crippen LogP contribution in [0.15, 0.2) is 30.5 Å². The van der Waals surface area contributed by atoms with Crippen molar-refractivity contribution in [1.29, 1.82) is 0 Å². The minimum Gasteiger partial charge on any atom is -0.390 e. The van der Waals surface area contributed by atoms with E-state index >= 15 is 0 Å². The summed E-state index contributed by atoms with van der Waals surface area (Å²) in [5.74, 6) is 0.554. The van der Waals surface area contributed by atoms with Gasteiger partial charge in [-0.2, -0.15) is 0 Å². The first-order valence-corrected chi connectivity index (χ1v) is 8.45. The van der Waals surface area contributed by atoms with Crippen molar-refractivity contribution in [1.82, 2.24) is 20.2 Å². The Balaban J connectivity index is 1.46. The van der Waals surface area contributed by atoms with E-state index in [4.69, 9.17) is 0 Å². The minimum atomic E-state index is -0.590. The lowest BCUT2D eigenvalue weighted by atomic mass is 10.00. The lowest BCUT2D eigenvalue weighted by molar-refractivity contribution is 0.0838. The maximum atomic E-state index is 12.0. The van der Waals surface area contributed by atoms with E-state index in [9.17, 15) is 9.90 Å². The fraction of sp³-hybridized carbons (Fsp3) is 0.444. The SMILES string of the molecule is CCc1ncc(C(=O)NCC(O)CN2CCc3ccccc3C2)[nH]1. The predicted octanol–water partition coefficient (Wildman–Crippen LogP) is 1.12. The molecule has 0 saturated carbocycles. The van der Waals surface area contributed by atoms with E-state index in [2.05, 4.69) is 38.4 Å². The van der Waals surface area contributed by atoms with Gasteiger partial charge in [0.2, 0.25) is 0 Å². The Kier molecular flexibility index (Phi) is 5.27. The number of hydrogen-bond acceptors (Lipinski definition) is 4. The molecular formula is C18H24N4O2. The van der Waals surface area contributed by atoms with Crippen LogP contribution in [0.25, 0.3) is 0 Å². The third-order valence-electron chi connectivity index (χ3n) is 4.38. The van der Waals surface area contributed by atoms with E-state index in [-0.39, 0.29) is 12.5 Å². The van der Waals surface area contributed by atoms with Crippen LogP contribution in [0.3, 0.4) is 0 Å². The van der Waals surface area contributed by atoms with Gasteiger partial charge in [-0.1, -0.05) is 31.2 Å². The Hall–Kier alpha value is -2.18. The van der Waals surface area contributed by atoms with Crippen molar-refractivity contribution in [2.75, 3.05) is 19.6 Å². The predicted molar refractivity (Wildman–Crippen MR) is 91.7 cm³/mol. The van der Waals surface area contributed by atoms with Gasteiger partial charge in [-0.05, 0) is 17.5 Å². The van der Waals surface area contributed by atoms with Crippen LogP contribution in [0.5, 0.6) is 0 Å². The molecule has 6 nitrogen and oxygen atoms in total. The summed E-state index contributed by atoms with van der Waals surface area (Å²) < 4.78 is 0. The number of hydrogen-bond donors (Lipinski definition) is 3. The zero-order valence-corrected chi connectivity index (χ0v) is 14.0. The number of H-pyrrole nitrogens is 1. The fourth-order valence-corrected chi connectivity index (χ4v) is 3.04. The van der Waals surface area contributed by atoms with Crippen LogP contribution in [0, 0.1) is 0 Å². The number of aliphatic hydroxyl groups excluding tert-OH is 1. The number of aromatic amines is 1. The molecule has 1 aromatic carbocycles. The Labute approximate surface area is 141 Å². The molecule has 3 rings (SSSR count). The number of benzene rings is 1. The van der Waals surface area contributed by atoms with Gasteiger partial charge < -0.3 is 15.4 Å². The monoisotopic (exact) mass is 328 g/mol. The van der Waals surface area contributed by atoms with Gasteiger partial charge in [-0.15, -0.1) is 0 Å². The summed E-state index contributed by atoms with van der Waals surface area (Å²) in [6.45, 7) is 4.54. The van der Waals surface area contributed by atoms with Gasteiger partial charge in [0.25, 0.3) is 5.91 Å². The highest BCUT2D eigenvalue weighted by molar-refractivity contribution is 5.92. The molecule has 3 N–H and O–H groups in total. The second-order valence-corrected chi connectivity index (χ2v) is 6.21. The van der Waals surface area contributed by atoms with Gasteiger partial charge in [0.05, 0.1) is 12.3 Å². The third kappa shape index (κ3) is 4.01. The molecule has 1 unspecified atom stereocenters. The molecule has 1 aromatic heterocycles. The summed E-state index contributed by atoms with van der Waals surface area (Å²) in [6, 6.07) is 8.42. The van der Waals surface area contributed by atoms with E-state index in [1.165, 1.54) is 17.3 Å². The fourth-order valence-electron chi connectivity index (χ4n) is 3.04. The molecule has 1 amide bonds. The van der Waals surface area contributed by atoms with Crippen LogP contribution >= 0.6 is 0 Å². The molecule has 1 aliphatic heterocycles. The summed E-state index contributed by atoms with van der Waals surface area (Å²) in [4.78, 5) is 21.3. The van der Waals surface area contributed by atoms with Crippen LogP contribution in [-0.2, 0) is 19.4 Å². The highest BCUT2D eigenvalue weighted by Gasteiger charge is 2.19. The number of aromatic nitrogens is 2. The Morgan fingerprint density at radius 2 is 2.21 bits per heavy atom. The lowest BCUT2D eigenvalue weighted by Crippen LogP contribution is -2.42. The van der Waals surface area contributed by atoms with Gasteiger partial charge in [0, 0.05) is 32.6 Å². The van der Waals surface area contributed by atoms with E-state index in [0.29, 0.717) is 12.2 Å². The van der Waals surface area contributed by atoms with Gasteiger partial charge in [-0.25, -0.2) is 4.98 Å². The minimum absolute atomic E-state index is 0.231. The number of nitrogens with one attached hydrogen (secondary N) is 2. The van der Waals surface area contributed by atoms with E-state index in [0.717, 1.165) is 31.8 Å². The van der Waals surface area contributed by atoms with Gasteiger partial charge in [0.1, 0.15) is 11.5 Å². The topological polar surface area (TPSA) is 81.2 Å². The molecule has 0 spiro atoms. The Morgan fingerprint density at radius 3 is 2.96 bits per heavy atom. The van der Waals surface area contributed by atoms with Crippen molar-refractivity contribution in [3.05, 3.63) is 53.1 Å². The normalized spacial score (nSPS) is 15.8. The maximum Gasteiger partial charge on any atom is 0.269 e. The lowest BCUT2D eigenvalue weighted by Gasteiger charge is -2.30. The first kappa shape index (κ1) is 16.7. The number of imidazole rings is 1. The molecule has 0 bridgehead atoms. The van der Waals surface area contributed by atoms with Crippen LogP contribution < -0.4 is 5.32 Å². The number of amides is 1. The smallest absolute Gasteiger partial charge is 0.269 e. The molecule has 0 fully saturated rings. The van der Waals surface area contributed by atoms with Gasteiger partial charge in [-0.3, -0.25) is 9.69 Å². The second kappa shape index (κ2) is 7.59. The molecule has 0 radical (unpaired) electrons. The average Bonchev–Trinajstić information content (AvgIpc) is 3.09. The molecule has 1 aliphatic rings. The number of β-amino-alcohol motifs (C(OH)–C–C–N with tert-alkyl or cyclic N) is 1. The molecule has 24 heavy (non-hydrogen) atoms. The number of aryl methyl sites for hydroxylation is 1. The Bertz CT molecular complexity index is 698. The van der Waals surface area contributed by atoms with Crippen molar-refractivity contribution in [3.8, 4) is 0 Å². The largest absolute Gasteiger partial charge is 0.390 e. The summed E-state index contributed by atoms with van der Waals surface area (Å²) in [7, 11) is 0. The first-order valence-electron chi connectivity index (χ1n) is 8.45. The molecule has 6 heteroatoms. The first-order chi connectivity index (χ1) is 11.7. The number of aliphatic hydroxyl groups is 1. The molecule has 2 aromatic rings. The summed E-state index contributed by atoms with van der Waals surface area (Å²) >= 11 is 0. The number of nitrogens with zero attached hydrogens (tertiary/aromatic N) is 2. The standard InChI is InChI=1S/C18H24N4O2/c1-2-17-19-10-16(21-17)18(24)20-9-15(23)12-22-8-7-13-5-3-4-6-14(13)11-22/h3-6,10,15,23H,2,7-9,11-12H2,1H3,(H,19,21)(H,20,24). The average molecular weight is 328 g/mol. The highest BCUT2D eigenvalue weighted by atomic mass is 16.3. The molecule has 0 saturated heterocycles. The van der Waals surface area contributed by atoms with Crippen molar-refractivity contribution in [2.45, 2.75) is 32.4 Å². The van der Waals surface area contributed by atoms with Crippen molar-refractivity contribution < 1.29 is 9.90 Å².